The smallest absolute Gasteiger partial charge is 0.191 e. The largest absolute Gasteiger partial charge is 0.490 e. The van der Waals surface area contributed by atoms with Crippen molar-refractivity contribution in [1.29, 1.82) is 0 Å². The summed E-state index contributed by atoms with van der Waals surface area (Å²) in [6.45, 7) is 2.21. The number of aliphatic imine (C=N–C) groups is 1. The summed E-state index contributed by atoms with van der Waals surface area (Å²) in [5, 5.41) is 6.60. The first kappa shape index (κ1) is 19.7. The van der Waals surface area contributed by atoms with Gasteiger partial charge in [0.05, 0.1) is 12.7 Å². The van der Waals surface area contributed by atoms with Gasteiger partial charge in [-0.2, -0.15) is 0 Å². The van der Waals surface area contributed by atoms with E-state index in [1.807, 2.05) is 12.1 Å². The van der Waals surface area contributed by atoms with Gasteiger partial charge in [0.15, 0.2) is 5.96 Å². The summed E-state index contributed by atoms with van der Waals surface area (Å²) >= 11 is 0. The predicted molar refractivity (Wildman–Crippen MR) is 106 cm³/mol. The number of rotatable bonds is 7. The van der Waals surface area contributed by atoms with E-state index < -0.39 is 0 Å². The third kappa shape index (κ3) is 8.20. The fraction of sp³-hybridized carbons (Fsp3) is 0.529. The Balaban J connectivity index is 0.00000264. The van der Waals surface area contributed by atoms with Crippen molar-refractivity contribution >= 4 is 29.9 Å². The van der Waals surface area contributed by atoms with Crippen molar-refractivity contribution in [2.75, 3.05) is 26.7 Å². The second-order valence-corrected chi connectivity index (χ2v) is 5.32. The zero-order valence-corrected chi connectivity index (χ0v) is 16.1. The zero-order valence-electron chi connectivity index (χ0n) is 13.8. The third-order valence-corrected chi connectivity index (χ3v) is 3.64. The number of aromatic nitrogens is 1. The van der Waals surface area contributed by atoms with Crippen LogP contribution in [0.15, 0.2) is 41.2 Å². The molecule has 1 aromatic heterocycles. The summed E-state index contributed by atoms with van der Waals surface area (Å²) in [7, 11) is 1.79. The molecule has 1 heterocycles. The molecule has 0 radical (unpaired) electrons. The van der Waals surface area contributed by atoms with Crippen molar-refractivity contribution in [3.05, 3.63) is 36.2 Å². The van der Waals surface area contributed by atoms with E-state index in [4.69, 9.17) is 4.74 Å². The topological polar surface area (TPSA) is 58.5 Å². The molecule has 0 aliphatic heterocycles. The molecule has 0 spiro atoms. The molecule has 6 heteroatoms. The van der Waals surface area contributed by atoms with Crippen molar-refractivity contribution in [3.63, 3.8) is 0 Å². The summed E-state index contributed by atoms with van der Waals surface area (Å²) in [6.07, 6.45) is 12.1. The number of allylic oxidation sites excluding steroid dienone is 1. The number of nitrogens with zero attached hydrogens (tertiary/aromatic N) is 2. The SMILES string of the molecule is CN=C(NCCOc1cccnc1)NCCC1=CCCCC1.I. The Morgan fingerprint density at radius 2 is 2.17 bits per heavy atom. The van der Waals surface area contributed by atoms with Crippen molar-refractivity contribution in [2.24, 2.45) is 4.99 Å². The molecule has 0 bridgehead atoms. The van der Waals surface area contributed by atoms with Crippen molar-refractivity contribution in [3.8, 4) is 5.75 Å². The molecule has 23 heavy (non-hydrogen) atoms. The lowest BCUT2D eigenvalue weighted by Crippen LogP contribution is -2.39. The predicted octanol–water partition coefficient (Wildman–Crippen LogP) is 3.13. The molecule has 1 aliphatic rings. The molecule has 0 saturated carbocycles. The second kappa shape index (κ2) is 12.2. The van der Waals surface area contributed by atoms with Crippen LogP contribution in [0.5, 0.6) is 5.75 Å². The standard InChI is InChI=1S/C17H26N4O.HI/c1-18-17(20-11-9-15-6-3-2-4-7-15)21-12-13-22-16-8-5-10-19-14-16;/h5-6,8,10,14H,2-4,7,9,11-13H2,1H3,(H2,18,20,21);1H. The molecule has 1 aliphatic carbocycles. The molecule has 1 aromatic rings. The van der Waals surface area contributed by atoms with Crippen LogP contribution in [0.4, 0.5) is 0 Å². The van der Waals surface area contributed by atoms with Crippen LogP contribution in [0.2, 0.25) is 0 Å². The normalized spacial score (nSPS) is 14.5. The summed E-state index contributed by atoms with van der Waals surface area (Å²) < 4.78 is 5.58. The average Bonchev–Trinajstić information content (AvgIpc) is 2.59. The lowest BCUT2D eigenvalue weighted by atomic mass is 9.97. The van der Waals surface area contributed by atoms with Crippen LogP contribution in [0, 0.1) is 0 Å². The molecular formula is C17H27IN4O. The molecule has 0 aromatic carbocycles. The van der Waals surface area contributed by atoms with Crippen LogP contribution in [0.3, 0.4) is 0 Å². The highest BCUT2D eigenvalue weighted by Gasteiger charge is 2.04. The summed E-state index contributed by atoms with van der Waals surface area (Å²) in [5.41, 5.74) is 1.58. The van der Waals surface area contributed by atoms with Crippen LogP contribution >= 0.6 is 24.0 Å². The van der Waals surface area contributed by atoms with Gasteiger partial charge in [0.2, 0.25) is 0 Å². The van der Waals surface area contributed by atoms with Gasteiger partial charge in [0, 0.05) is 19.8 Å². The molecule has 0 unspecified atom stereocenters. The van der Waals surface area contributed by atoms with E-state index in [0.29, 0.717) is 13.2 Å². The fourth-order valence-corrected chi connectivity index (χ4v) is 2.46. The molecule has 2 rings (SSSR count). The van der Waals surface area contributed by atoms with Gasteiger partial charge in [-0.1, -0.05) is 11.6 Å². The molecular weight excluding hydrogens is 403 g/mol. The summed E-state index contributed by atoms with van der Waals surface area (Å²) in [5.74, 6) is 1.61. The van der Waals surface area contributed by atoms with E-state index in [0.717, 1.165) is 24.7 Å². The Kier molecular flexibility index (Phi) is 10.4. The summed E-state index contributed by atoms with van der Waals surface area (Å²) in [6, 6.07) is 3.77. The lowest BCUT2D eigenvalue weighted by Gasteiger charge is -2.15. The summed E-state index contributed by atoms with van der Waals surface area (Å²) in [4.78, 5) is 8.24. The van der Waals surface area contributed by atoms with Crippen LogP contribution in [-0.4, -0.2) is 37.7 Å². The fourth-order valence-electron chi connectivity index (χ4n) is 2.46. The van der Waals surface area contributed by atoms with Crippen molar-refractivity contribution in [2.45, 2.75) is 32.1 Å². The number of ether oxygens (including phenoxy) is 1. The molecule has 2 N–H and O–H groups in total. The number of guanidine groups is 1. The van der Waals surface area contributed by atoms with Gasteiger partial charge in [0.1, 0.15) is 12.4 Å². The Bertz CT molecular complexity index is 491. The van der Waals surface area contributed by atoms with Gasteiger partial charge >= 0.3 is 0 Å². The highest BCUT2D eigenvalue weighted by molar-refractivity contribution is 14.0. The molecule has 0 fully saturated rings. The molecule has 5 nitrogen and oxygen atoms in total. The van der Waals surface area contributed by atoms with Gasteiger partial charge in [-0.3, -0.25) is 9.98 Å². The first-order valence-corrected chi connectivity index (χ1v) is 8.04. The van der Waals surface area contributed by atoms with E-state index >= 15 is 0 Å². The number of nitrogens with one attached hydrogen (secondary N) is 2. The maximum Gasteiger partial charge on any atom is 0.191 e. The molecule has 0 atom stereocenters. The zero-order chi connectivity index (χ0) is 15.5. The highest BCUT2D eigenvalue weighted by Crippen LogP contribution is 2.19. The van der Waals surface area contributed by atoms with Gasteiger partial charge in [-0.05, 0) is 44.2 Å². The van der Waals surface area contributed by atoms with E-state index in [1.165, 1.54) is 25.7 Å². The minimum Gasteiger partial charge on any atom is -0.490 e. The van der Waals surface area contributed by atoms with Crippen LogP contribution < -0.4 is 15.4 Å². The van der Waals surface area contributed by atoms with E-state index in [9.17, 15) is 0 Å². The van der Waals surface area contributed by atoms with Gasteiger partial charge in [0.25, 0.3) is 0 Å². The minimum absolute atomic E-state index is 0. The molecule has 0 amide bonds. The van der Waals surface area contributed by atoms with E-state index in [-0.39, 0.29) is 24.0 Å². The van der Waals surface area contributed by atoms with E-state index in [2.05, 4.69) is 26.7 Å². The highest BCUT2D eigenvalue weighted by atomic mass is 127. The monoisotopic (exact) mass is 430 g/mol. The Hall–Kier alpha value is -1.31. The number of halogens is 1. The van der Waals surface area contributed by atoms with Crippen LogP contribution in [0.1, 0.15) is 32.1 Å². The maximum absolute atomic E-state index is 5.58. The van der Waals surface area contributed by atoms with Crippen LogP contribution in [-0.2, 0) is 0 Å². The van der Waals surface area contributed by atoms with Crippen molar-refractivity contribution in [1.82, 2.24) is 15.6 Å². The number of pyridine rings is 1. The van der Waals surface area contributed by atoms with Gasteiger partial charge in [-0.25, -0.2) is 0 Å². The molecule has 128 valence electrons. The number of hydrogen-bond donors (Lipinski definition) is 2. The average molecular weight is 430 g/mol. The number of hydrogen-bond acceptors (Lipinski definition) is 3. The van der Waals surface area contributed by atoms with Gasteiger partial charge < -0.3 is 15.4 Å². The lowest BCUT2D eigenvalue weighted by molar-refractivity contribution is 0.320. The maximum atomic E-state index is 5.58. The Morgan fingerprint density at radius 1 is 1.30 bits per heavy atom. The van der Waals surface area contributed by atoms with Crippen molar-refractivity contribution < 1.29 is 4.74 Å². The third-order valence-electron chi connectivity index (χ3n) is 3.64. The minimum atomic E-state index is 0. The van der Waals surface area contributed by atoms with Gasteiger partial charge in [-0.15, -0.1) is 24.0 Å². The quantitative estimate of drug-likeness (QED) is 0.230. The Morgan fingerprint density at radius 3 is 2.87 bits per heavy atom. The first-order valence-electron chi connectivity index (χ1n) is 8.04. The van der Waals surface area contributed by atoms with E-state index in [1.54, 1.807) is 25.0 Å². The Labute approximate surface area is 156 Å². The first-order chi connectivity index (χ1) is 10.9. The second-order valence-electron chi connectivity index (χ2n) is 5.32. The van der Waals surface area contributed by atoms with Crippen LogP contribution in [0.25, 0.3) is 0 Å². The molecule has 0 saturated heterocycles.